The lowest BCUT2D eigenvalue weighted by Gasteiger charge is -2.45. The van der Waals surface area contributed by atoms with Crippen molar-refractivity contribution >= 4 is 7.41 Å². The smallest absolute Gasteiger partial charge is 0.255 e. The van der Waals surface area contributed by atoms with E-state index in [4.69, 9.17) is 0 Å². The van der Waals surface area contributed by atoms with Gasteiger partial charge in [-0.1, -0.05) is 0 Å². The van der Waals surface area contributed by atoms with Crippen LogP contribution in [0.1, 0.15) is 27.7 Å². The van der Waals surface area contributed by atoms with Gasteiger partial charge in [0.05, 0.1) is 0 Å². The maximum Gasteiger partial charge on any atom is 0.255 e. The van der Waals surface area contributed by atoms with Gasteiger partial charge in [-0.15, -0.1) is 4.85 Å². The normalized spacial score (nSPS) is 10.7. The van der Waals surface area contributed by atoms with Gasteiger partial charge in [-0.3, -0.25) is 0 Å². The molecule has 0 aromatic heterocycles. The molecule has 0 saturated heterocycles. The molecule has 0 aliphatic heterocycles. The summed E-state index contributed by atoms with van der Waals surface area (Å²) in [4.78, 5) is 4.08. The lowest BCUT2D eigenvalue weighted by Crippen LogP contribution is -2.50. The Hall–Kier alpha value is -0.485. The summed E-state index contributed by atoms with van der Waals surface area (Å²) >= 11 is 0. The molecule has 0 N–H and O–H groups in total. The van der Waals surface area contributed by atoms with Crippen molar-refractivity contribution in [2.45, 2.75) is 27.7 Å². The average molecular weight is 167 g/mol. The summed E-state index contributed by atoms with van der Waals surface area (Å²) in [5.74, 6) is 3.00. The minimum atomic E-state index is 0.827. The summed E-state index contributed by atoms with van der Waals surface area (Å²) < 4.78 is 0.990. The molecule has 3 heteroatoms. The van der Waals surface area contributed by atoms with Crippen LogP contribution in [0.3, 0.4) is 0 Å². The van der Waals surface area contributed by atoms with Gasteiger partial charge in [-0.25, -0.2) is 0 Å². The van der Waals surface area contributed by atoms with Crippen LogP contribution in [-0.2, 0) is 0 Å². The maximum atomic E-state index is 4.08. The molecule has 0 amide bonds. The molecule has 0 rings (SSSR count). The second kappa shape index (κ2) is 6.08. The van der Waals surface area contributed by atoms with Gasteiger partial charge in [0.2, 0.25) is 0 Å². The molecule has 0 fully saturated rings. The number of hydrogen-bond acceptors (Lipinski definition) is 0. The van der Waals surface area contributed by atoms with E-state index in [0.29, 0.717) is 0 Å². The molecule has 0 spiro atoms. The third-order valence-electron chi connectivity index (χ3n) is 2.47. The molecule has 0 saturated carbocycles. The van der Waals surface area contributed by atoms with Crippen LogP contribution in [0.15, 0.2) is 0 Å². The Morgan fingerprint density at radius 2 is 1.58 bits per heavy atom. The Morgan fingerprint density at radius 1 is 1.08 bits per heavy atom. The van der Waals surface area contributed by atoms with Crippen molar-refractivity contribution in [2.75, 3.05) is 26.2 Å². The highest BCUT2D eigenvalue weighted by molar-refractivity contribution is 6.37. The molecule has 0 bridgehead atoms. The molecule has 0 heterocycles. The fourth-order valence-corrected chi connectivity index (χ4v) is 1.20. The van der Waals surface area contributed by atoms with E-state index in [1.807, 2.05) is 6.92 Å². The maximum absolute atomic E-state index is 4.08. The zero-order chi connectivity index (χ0) is 9.45. The molecule has 12 heavy (non-hydrogen) atoms. The standard InChI is InChI=1S/C9H20BN2/c1-5-11-9-10-12(6-2,7-3)8-4/h5-8H2,1-4H3/q+1. The first-order chi connectivity index (χ1) is 5.74. The van der Waals surface area contributed by atoms with E-state index in [2.05, 4.69) is 39.0 Å². The Labute approximate surface area is 77.2 Å². The minimum absolute atomic E-state index is 0.827. The van der Waals surface area contributed by atoms with Crippen LogP contribution in [0.4, 0.5) is 0 Å². The Morgan fingerprint density at radius 3 is 1.92 bits per heavy atom. The van der Waals surface area contributed by atoms with Gasteiger partial charge in [0.15, 0.2) is 7.41 Å². The summed E-state index contributed by atoms with van der Waals surface area (Å²) in [6.07, 6.45) is 0. The third-order valence-corrected chi connectivity index (χ3v) is 2.47. The summed E-state index contributed by atoms with van der Waals surface area (Å²) in [6, 6.07) is 0. The van der Waals surface area contributed by atoms with E-state index in [-0.39, 0.29) is 0 Å². The Balaban J connectivity index is 4.10. The minimum Gasteiger partial charge on any atom is -0.545 e. The fraction of sp³-hybridized carbons (Fsp3) is 0.889. The molecule has 0 aliphatic carbocycles. The van der Waals surface area contributed by atoms with Gasteiger partial charge in [0.25, 0.3) is 6.54 Å². The Kier molecular flexibility index (Phi) is 5.83. The summed E-state index contributed by atoms with van der Waals surface area (Å²) in [6.45, 7) is 12.8. The summed E-state index contributed by atoms with van der Waals surface area (Å²) in [5, 5.41) is 0. The van der Waals surface area contributed by atoms with Crippen molar-refractivity contribution in [1.29, 1.82) is 0 Å². The number of rotatable bonds is 4. The molecular weight excluding hydrogens is 147 g/mol. The van der Waals surface area contributed by atoms with E-state index in [1.165, 1.54) is 0 Å². The first kappa shape index (κ1) is 11.5. The van der Waals surface area contributed by atoms with E-state index in [1.54, 1.807) is 0 Å². The number of nitrogens with zero attached hydrogens (tertiary/aromatic N) is 2. The highest BCUT2D eigenvalue weighted by Crippen LogP contribution is 2.01. The van der Waals surface area contributed by atoms with Gasteiger partial charge in [0, 0.05) is 32.5 Å². The van der Waals surface area contributed by atoms with Gasteiger partial charge in [-0.2, -0.15) is 0 Å². The average Bonchev–Trinajstić information content (AvgIpc) is 2.14. The Bertz CT molecular complexity index is 157. The van der Waals surface area contributed by atoms with Crippen LogP contribution in [0.25, 0.3) is 4.85 Å². The zero-order valence-corrected chi connectivity index (χ0v) is 8.80. The second-order valence-electron chi connectivity index (χ2n) is 2.90. The largest absolute Gasteiger partial charge is 0.545 e. The predicted molar refractivity (Wildman–Crippen MR) is 55.4 cm³/mol. The van der Waals surface area contributed by atoms with Gasteiger partial charge in [0.1, 0.15) is 0 Å². The highest BCUT2D eigenvalue weighted by Gasteiger charge is 2.10. The van der Waals surface area contributed by atoms with Crippen molar-refractivity contribution < 1.29 is 4.39 Å². The molecule has 0 atom stereocenters. The van der Waals surface area contributed by atoms with E-state index in [0.717, 1.165) is 30.6 Å². The quantitative estimate of drug-likeness (QED) is 0.562. The topological polar surface area (TPSA) is 4.36 Å². The summed E-state index contributed by atoms with van der Waals surface area (Å²) in [7, 11) is 2.09. The summed E-state index contributed by atoms with van der Waals surface area (Å²) in [5.41, 5.74) is 0. The van der Waals surface area contributed by atoms with Gasteiger partial charge < -0.3 is 4.39 Å². The molecule has 0 unspecified atom stereocenters. The first-order valence-corrected chi connectivity index (χ1v) is 4.86. The van der Waals surface area contributed by atoms with Crippen LogP contribution in [0.5, 0.6) is 0 Å². The van der Waals surface area contributed by atoms with Crippen LogP contribution < -0.4 is 0 Å². The highest BCUT2D eigenvalue weighted by atomic mass is 15.3. The fourth-order valence-electron chi connectivity index (χ4n) is 1.20. The van der Waals surface area contributed by atoms with Crippen molar-refractivity contribution in [1.82, 2.24) is 0 Å². The number of quaternary nitrogens is 1. The predicted octanol–water partition coefficient (Wildman–Crippen LogP) is 1.79. The van der Waals surface area contributed by atoms with Crippen molar-refractivity contribution in [3.05, 3.63) is 4.85 Å². The molecular formula is C9H20BN2+. The molecule has 2 nitrogen and oxygen atoms in total. The second-order valence-corrected chi connectivity index (χ2v) is 2.90. The molecule has 0 aliphatic rings. The van der Waals surface area contributed by atoms with Gasteiger partial charge >= 0.3 is 0 Å². The van der Waals surface area contributed by atoms with Crippen molar-refractivity contribution in [3.63, 3.8) is 0 Å². The molecule has 0 aromatic carbocycles. The third kappa shape index (κ3) is 3.27. The zero-order valence-electron chi connectivity index (χ0n) is 8.80. The molecule has 0 aromatic rings. The van der Waals surface area contributed by atoms with E-state index >= 15 is 0 Å². The van der Waals surface area contributed by atoms with Gasteiger partial charge in [-0.05, 0) is 20.8 Å². The van der Waals surface area contributed by atoms with E-state index in [9.17, 15) is 0 Å². The lowest BCUT2D eigenvalue weighted by atomic mass is 9.89. The molecule has 68 valence electrons. The monoisotopic (exact) mass is 167 g/mol. The van der Waals surface area contributed by atoms with Crippen LogP contribution >= 0.6 is 0 Å². The molecule has 2 radical (unpaired) electrons. The number of hydrogen-bond donors (Lipinski definition) is 0. The SMILES string of the molecule is CC[N+]#C[B-][N+](CC)(CC)CC. The van der Waals surface area contributed by atoms with Crippen molar-refractivity contribution in [2.24, 2.45) is 0 Å². The lowest BCUT2D eigenvalue weighted by molar-refractivity contribution is -0.815. The van der Waals surface area contributed by atoms with Crippen molar-refractivity contribution in [3.8, 4) is 5.97 Å². The van der Waals surface area contributed by atoms with Crippen LogP contribution in [0.2, 0.25) is 0 Å². The van der Waals surface area contributed by atoms with Crippen LogP contribution in [0, 0.1) is 5.97 Å². The van der Waals surface area contributed by atoms with Crippen LogP contribution in [-0.4, -0.2) is 38.0 Å². The first-order valence-electron chi connectivity index (χ1n) is 4.86. The van der Waals surface area contributed by atoms with E-state index < -0.39 is 0 Å².